The molecule has 0 bridgehead atoms. The number of ether oxygens (including phenoxy) is 1. The number of carbonyl (C=O) groups excluding carboxylic acids is 1. The first-order valence-electron chi connectivity index (χ1n) is 6.98. The molecule has 122 valence electrons. The van der Waals surface area contributed by atoms with Gasteiger partial charge in [0.15, 0.2) is 5.37 Å². The van der Waals surface area contributed by atoms with Crippen LogP contribution in [0.2, 0.25) is 0 Å². The number of hydrogen-bond donors (Lipinski definition) is 3. The second-order valence-electron chi connectivity index (χ2n) is 5.40. The van der Waals surface area contributed by atoms with E-state index in [1.165, 1.54) is 7.11 Å². The molecule has 1 aromatic carbocycles. The minimum Gasteiger partial charge on any atom is -0.469 e. The summed E-state index contributed by atoms with van der Waals surface area (Å²) in [6, 6.07) is 7.21. The number of hydrazine groups is 1. The summed E-state index contributed by atoms with van der Waals surface area (Å²) in [5.41, 5.74) is 7.39. The van der Waals surface area contributed by atoms with Crippen LogP contribution in [0.25, 0.3) is 0 Å². The summed E-state index contributed by atoms with van der Waals surface area (Å²) in [4.78, 5) is 11.8. The smallest absolute Gasteiger partial charge is 0.313 e. The summed E-state index contributed by atoms with van der Waals surface area (Å²) in [5, 5.41) is -1.07. The number of carbonyl (C=O) groups is 1. The molecule has 0 spiro atoms. The fourth-order valence-corrected chi connectivity index (χ4v) is 3.87. The molecule has 2 rings (SSSR count). The monoisotopic (exact) mass is 327 g/mol. The molecule has 8 heteroatoms. The highest BCUT2D eigenvalue weighted by Crippen LogP contribution is 2.20. The van der Waals surface area contributed by atoms with Crippen LogP contribution in [0.15, 0.2) is 24.3 Å². The summed E-state index contributed by atoms with van der Waals surface area (Å²) in [6.45, 7) is 3.86. The second-order valence-corrected chi connectivity index (χ2v) is 7.29. The van der Waals surface area contributed by atoms with E-state index in [1.54, 1.807) is 6.92 Å². The van der Waals surface area contributed by atoms with Gasteiger partial charge in [-0.2, -0.15) is 0 Å². The molecule has 3 unspecified atom stereocenters. The van der Waals surface area contributed by atoms with Crippen LogP contribution in [0.3, 0.4) is 0 Å². The first-order valence-corrected chi connectivity index (χ1v) is 8.52. The number of aryl methyl sites for hydroxylation is 1. The van der Waals surface area contributed by atoms with Crippen LogP contribution < -0.4 is 15.6 Å². The van der Waals surface area contributed by atoms with Gasteiger partial charge in [0.05, 0.1) is 7.11 Å². The van der Waals surface area contributed by atoms with E-state index in [1.807, 2.05) is 31.2 Å². The summed E-state index contributed by atoms with van der Waals surface area (Å²) in [6.07, 6.45) is 0. The normalized spacial score (nSPS) is 25.1. The Kier molecular flexibility index (Phi) is 5.17. The molecule has 0 saturated carbocycles. The molecule has 22 heavy (non-hydrogen) atoms. The first kappa shape index (κ1) is 16.9. The molecule has 0 aromatic heterocycles. The zero-order valence-electron chi connectivity index (χ0n) is 12.8. The van der Waals surface area contributed by atoms with Gasteiger partial charge in [-0.05, 0) is 19.4 Å². The molecule has 3 atom stereocenters. The van der Waals surface area contributed by atoms with Crippen LogP contribution in [-0.2, 0) is 26.1 Å². The summed E-state index contributed by atoms with van der Waals surface area (Å²) >= 11 is 0. The van der Waals surface area contributed by atoms with Crippen molar-refractivity contribution in [1.29, 1.82) is 0 Å². The Labute approximate surface area is 130 Å². The largest absolute Gasteiger partial charge is 0.469 e. The summed E-state index contributed by atoms with van der Waals surface area (Å²) < 4.78 is 32.1. The van der Waals surface area contributed by atoms with Crippen LogP contribution in [0.5, 0.6) is 0 Å². The maximum Gasteiger partial charge on any atom is 0.313 e. The maximum atomic E-state index is 12.4. The maximum absolute atomic E-state index is 12.4. The molecule has 1 aliphatic heterocycles. The molecule has 7 nitrogen and oxygen atoms in total. The van der Waals surface area contributed by atoms with Crippen LogP contribution in [-0.4, -0.2) is 32.9 Å². The Hall–Kier alpha value is -1.48. The third-order valence-electron chi connectivity index (χ3n) is 3.72. The molecular weight excluding hydrogens is 306 g/mol. The number of esters is 1. The van der Waals surface area contributed by atoms with Gasteiger partial charge in [-0.1, -0.05) is 29.8 Å². The number of benzene rings is 1. The minimum atomic E-state index is -3.73. The van der Waals surface area contributed by atoms with Crippen LogP contribution in [0.1, 0.15) is 18.1 Å². The molecular formula is C14H21N3O4S. The van der Waals surface area contributed by atoms with E-state index in [-0.39, 0.29) is 12.6 Å². The third kappa shape index (κ3) is 3.64. The van der Waals surface area contributed by atoms with Gasteiger partial charge in [0.25, 0.3) is 0 Å². The minimum absolute atomic E-state index is 0.170. The van der Waals surface area contributed by atoms with Crippen molar-refractivity contribution in [2.45, 2.75) is 31.8 Å². The molecule has 1 aliphatic rings. The van der Waals surface area contributed by atoms with Crippen molar-refractivity contribution in [3.63, 3.8) is 0 Å². The molecule has 1 fully saturated rings. The van der Waals surface area contributed by atoms with E-state index in [4.69, 9.17) is 4.74 Å². The standard InChI is InChI=1S/C14H21N3O4S/c1-9-4-6-11(7-5-9)8-15-22(19,20)13-12(14(18)21-3)10(2)16-17-13/h4-7,10,12-13,15-17H,8H2,1-3H3. The first-order chi connectivity index (χ1) is 10.3. The van der Waals surface area contributed by atoms with E-state index < -0.39 is 27.3 Å². The van der Waals surface area contributed by atoms with Crippen molar-refractivity contribution in [3.8, 4) is 0 Å². The molecule has 0 amide bonds. The zero-order valence-corrected chi connectivity index (χ0v) is 13.6. The van der Waals surface area contributed by atoms with Gasteiger partial charge in [0.2, 0.25) is 10.0 Å². The summed E-state index contributed by atoms with van der Waals surface area (Å²) in [5.74, 6) is -1.36. The zero-order chi connectivity index (χ0) is 16.3. The third-order valence-corrected chi connectivity index (χ3v) is 5.35. The Morgan fingerprint density at radius 2 is 1.91 bits per heavy atom. The van der Waals surface area contributed by atoms with Crippen molar-refractivity contribution in [3.05, 3.63) is 35.4 Å². The van der Waals surface area contributed by atoms with Crippen molar-refractivity contribution in [2.24, 2.45) is 5.92 Å². The molecule has 3 N–H and O–H groups in total. The molecule has 1 aromatic rings. The lowest BCUT2D eigenvalue weighted by atomic mass is 10.0. The molecule has 0 radical (unpaired) electrons. The predicted molar refractivity (Wildman–Crippen MR) is 82.0 cm³/mol. The van der Waals surface area contributed by atoms with Gasteiger partial charge >= 0.3 is 5.97 Å². The predicted octanol–water partition coefficient (Wildman–Crippen LogP) is 0.0260. The van der Waals surface area contributed by atoms with Gasteiger partial charge in [-0.25, -0.2) is 18.6 Å². The van der Waals surface area contributed by atoms with Crippen LogP contribution in [0.4, 0.5) is 0 Å². The van der Waals surface area contributed by atoms with Crippen molar-refractivity contribution in [2.75, 3.05) is 7.11 Å². The second kappa shape index (κ2) is 6.74. The quantitative estimate of drug-likeness (QED) is 0.660. The lowest BCUT2D eigenvalue weighted by Gasteiger charge is -2.19. The Morgan fingerprint density at radius 1 is 1.27 bits per heavy atom. The van der Waals surface area contributed by atoms with Crippen molar-refractivity contribution < 1.29 is 17.9 Å². The molecule has 1 heterocycles. The fourth-order valence-electron chi connectivity index (χ4n) is 2.37. The number of hydrogen-bond acceptors (Lipinski definition) is 6. The highest BCUT2D eigenvalue weighted by Gasteiger charge is 2.46. The van der Waals surface area contributed by atoms with Gasteiger partial charge < -0.3 is 4.74 Å². The van der Waals surface area contributed by atoms with E-state index in [0.29, 0.717) is 0 Å². The SMILES string of the molecule is COC(=O)C1C(C)NNC1S(=O)(=O)NCc1ccc(C)cc1. The lowest BCUT2D eigenvalue weighted by Crippen LogP contribution is -2.46. The van der Waals surface area contributed by atoms with Crippen molar-refractivity contribution >= 4 is 16.0 Å². The average Bonchev–Trinajstić information content (AvgIpc) is 2.88. The highest BCUT2D eigenvalue weighted by atomic mass is 32.2. The van der Waals surface area contributed by atoms with E-state index in [0.717, 1.165) is 11.1 Å². The molecule has 1 saturated heterocycles. The average molecular weight is 327 g/mol. The van der Waals surface area contributed by atoms with E-state index in [2.05, 4.69) is 15.6 Å². The fraction of sp³-hybridized carbons (Fsp3) is 0.500. The molecule has 0 aliphatic carbocycles. The lowest BCUT2D eigenvalue weighted by molar-refractivity contribution is -0.145. The highest BCUT2D eigenvalue weighted by molar-refractivity contribution is 7.90. The van der Waals surface area contributed by atoms with Gasteiger partial charge in [-0.3, -0.25) is 10.2 Å². The number of sulfonamides is 1. The Morgan fingerprint density at radius 3 is 2.50 bits per heavy atom. The Balaban J connectivity index is 2.09. The van der Waals surface area contributed by atoms with Gasteiger partial charge in [0, 0.05) is 12.6 Å². The summed E-state index contributed by atoms with van der Waals surface area (Å²) in [7, 11) is -2.48. The van der Waals surface area contributed by atoms with Crippen LogP contribution in [0, 0.1) is 12.8 Å². The van der Waals surface area contributed by atoms with Crippen molar-refractivity contribution in [1.82, 2.24) is 15.6 Å². The topological polar surface area (TPSA) is 96.5 Å². The Bertz CT molecular complexity index is 630. The van der Waals surface area contributed by atoms with Gasteiger partial charge in [-0.15, -0.1) is 0 Å². The number of methoxy groups -OCH3 is 1. The van der Waals surface area contributed by atoms with E-state index in [9.17, 15) is 13.2 Å². The van der Waals surface area contributed by atoms with Crippen LogP contribution >= 0.6 is 0 Å². The van der Waals surface area contributed by atoms with Gasteiger partial charge in [0.1, 0.15) is 5.92 Å². The number of rotatable bonds is 5. The van der Waals surface area contributed by atoms with E-state index >= 15 is 0 Å². The number of nitrogens with one attached hydrogen (secondary N) is 3.